The topological polar surface area (TPSA) is 73.3 Å². The summed E-state index contributed by atoms with van der Waals surface area (Å²) in [5.41, 5.74) is -1.90. The first-order valence-corrected chi connectivity index (χ1v) is 11.4. The summed E-state index contributed by atoms with van der Waals surface area (Å²) in [5.74, 6) is -0.504. The maximum atomic E-state index is 13.4. The summed E-state index contributed by atoms with van der Waals surface area (Å²) in [6, 6.07) is 0. The standard InChI is InChI=1S/C14H23FN2O4SSi/c1-14(2,3)23(4,5)20-7-11-21-10(8-22-11)17-6-9(15)12(18)16-13(17)19/h6,10-11H,7-8H2,1-5H3,(H,16,18,19)/t10-,11+/m1/s1. The van der Waals surface area contributed by atoms with Crippen molar-refractivity contribution in [3.05, 3.63) is 32.9 Å². The summed E-state index contributed by atoms with van der Waals surface area (Å²) in [6.45, 7) is 11.2. The van der Waals surface area contributed by atoms with Crippen LogP contribution in [0.3, 0.4) is 0 Å². The maximum Gasteiger partial charge on any atom is 0.330 e. The molecule has 0 radical (unpaired) electrons. The molecule has 0 unspecified atom stereocenters. The van der Waals surface area contributed by atoms with Crippen LogP contribution < -0.4 is 11.2 Å². The number of ether oxygens (including phenoxy) is 1. The lowest BCUT2D eigenvalue weighted by Gasteiger charge is -2.36. The SMILES string of the molecule is CC(C)(C)[Si](C)(C)OC[C@H]1O[C@@H](n2cc(F)c(=O)[nH]c2=O)CS1. The third-order valence-corrected chi connectivity index (χ3v) is 9.95. The first-order valence-electron chi connectivity index (χ1n) is 7.43. The molecule has 0 aromatic carbocycles. The summed E-state index contributed by atoms with van der Waals surface area (Å²) in [7, 11) is -1.87. The molecule has 0 spiro atoms. The molecule has 9 heteroatoms. The molecule has 6 nitrogen and oxygen atoms in total. The Kier molecular flexibility index (Phi) is 5.24. The Balaban J connectivity index is 2.01. The van der Waals surface area contributed by atoms with Gasteiger partial charge in [0.2, 0.25) is 5.82 Å². The van der Waals surface area contributed by atoms with E-state index in [9.17, 15) is 14.0 Å². The molecular formula is C14H23FN2O4SSi. The van der Waals surface area contributed by atoms with Crippen molar-refractivity contribution in [1.29, 1.82) is 0 Å². The van der Waals surface area contributed by atoms with Crippen LogP contribution in [0.2, 0.25) is 18.1 Å². The second-order valence-electron chi connectivity index (χ2n) is 7.07. The summed E-state index contributed by atoms with van der Waals surface area (Å²) >= 11 is 1.52. The molecule has 130 valence electrons. The molecule has 1 saturated heterocycles. The molecule has 0 amide bonds. The number of hydrogen-bond acceptors (Lipinski definition) is 5. The number of aromatic nitrogens is 2. The fraction of sp³-hybridized carbons (Fsp3) is 0.714. The van der Waals surface area contributed by atoms with Crippen LogP contribution in [0.1, 0.15) is 27.0 Å². The van der Waals surface area contributed by atoms with Crippen molar-refractivity contribution < 1.29 is 13.6 Å². The zero-order valence-electron chi connectivity index (χ0n) is 14.0. The van der Waals surface area contributed by atoms with Gasteiger partial charge < -0.3 is 9.16 Å². The number of aromatic amines is 1. The Bertz CT molecular complexity index is 683. The molecule has 0 aliphatic carbocycles. The van der Waals surface area contributed by atoms with Gasteiger partial charge in [-0.25, -0.2) is 4.79 Å². The highest BCUT2D eigenvalue weighted by molar-refractivity contribution is 8.00. The van der Waals surface area contributed by atoms with E-state index in [1.807, 2.05) is 4.98 Å². The van der Waals surface area contributed by atoms with E-state index >= 15 is 0 Å². The van der Waals surface area contributed by atoms with Crippen molar-refractivity contribution in [2.45, 2.75) is 50.6 Å². The summed E-state index contributed by atoms with van der Waals surface area (Å²) in [6.07, 6.45) is 0.288. The Morgan fingerprint density at radius 1 is 1.48 bits per heavy atom. The fourth-order valence-electron chi connectivity index (χ4n) is 1.84. The van der Waals surface area contributed by atoms with Gasteiger partial charge in [0.1, 0.15) is 11.7 Å². The molecule has 1 aliphatic rings. The van der Waals surface area contributed by atoms with E-state index in [2.05, 4.69) is 33.9 Å². The van der Waals surface area contributed by atoms with Gasteiger partial charge in [-0.15, -0.1) is 11.8 Å². The van der Waals surface area contributed by atoms with E-state index in [4.69, 9.17) is 9.16 Å². The van der Waals surface area contributed by atoms with Gasteiger partial charge in [0, 0.05) is 5.75 Å². The van der Waals surface area contributed by atoms with Crippen molar-refractivity contribution >= 4 is 20.1 Å². The minimum absolute atomic E-state index is 0.106. The molecule has 23 heavy (non-hydrogen) atoms. The molecule has 2 heterocycles. The largest absolute Gasteiger partial charge is 0.413 e. The van der Waals surface area contributed by atoms with Crippen molar-refractivity contribution in [3.63, 3.8) is 0 Å². The number of rotatable bonds is 4. The van der Waals surface area contributed by atoms with Crippen LogP contribution in [0.25, 0.3) is 0 Å². The quantitative estimate of drug-likeness (QED) is 0.832. The van der Waals surface area contributed by atoms with Crippen molar-refractivity contribution in [3.8, 4) is 0 Å². The zero-order chi connectivity index (χ0) is 17.4. The molecule has 0 bridgehead atoms. The molecule has 0 saturated carbocycles. The number of halogens is 1. The third-order valence-electron chi connectivity index (χ3n) is 4.35. The molecule has 2 rings (SSSR count). The first kappa shape index (κ1) is 18.4. The Morgan fingerprint density at radius 2 is 2.13 bits per heavy atom. The van der Waals surface area contributed by atoms with E-state index in [-0.39, 0.29) is 10.5 Å². The van der Waals surface area contributed by atoms with Gasteiger partial charge in [0.05, 0.1) is 12.8 Å². The predicted octanol–water partition coefficient (Wildman–Crippen LogP) is 2.29. The predicted molar refractivity (Wildman–Crippen MR) is 90.8 cm³/mol. The van der Waals surface area contributed by atoms with E-state index in [1.54, 1.807) is 0 Å². The van der Waals surface area contributed by atoms with Gasteiger partial charge in [0.15, 0.2) is 8.32 Å². The zero-order valence-corrected chi connectivity index (χ0v) is 15.8. The van der Waals surface area contributed by atoms with Crippen LogP contribution in [-0.4, -0.2) is 35.7 Å². The Labute approximate surface area is 139 Å². The van der Waals surface area contributed by atoms with E-state index in [0.29, 0.717) is 12.4 Å². The Morgan fingerprint density at radius 3 is 2.74 bits per heavy atom. The molecule has 1 aromatic heterocycles. The smallest absolute Gasteiger partial charge is 0.330 e. The third kappa shape index (κ3) is 4.14. The van der Waals surface area contributed by atoms with Crippen LogP contribution >= 0.6 is 11.8 Å². The fourth-order valence-corrected chi connectivity index (χ4v) is 3.96. The van der Waals surface area contributed by atoms with Gasteiger partial charge in [-0.2, -0.15) is 4.39 Å². The average molecular weight is 362 g/mol. The summed E-state index contributed by atoms with van der Waals surface area (Å²) in [4.78, 5) is 24.8. The highest BCUT2D eigenvalue weighted by Crippen LogP contribution is 2.38. The van der Waals surface area contributed by atoms with Crippen LogP contribution in [0.5, 0.6) is 0 Å². The molecule has 2 atom stereocenters. The number of H-pyrrole nitrogens is 1. The molecule has 1 aliphatic heterocycles. The Hall–Kier alpha value is -0.903. The highest BCUT2D eigenvalue weighted by atomic mass is 32.2. The van der Waals surface area contributed by atoms with Crippen LogP contribution in [0, 0.1) is 5.82 Å². The highest BCUT2D eigenvalue weighted by Gasteiger charge is 2.39. The molecule has 1 fully saturated rings. The number of nitrogens with one attached hydrogen (secondary N) is 1. The first-order chi connectivity index (χ1) is 10.5. The average Bonchev–Trinajstić information content (AvgIpc) is 2.88. The van der Waals surface area contributed by atoms with Crippen molar-refractivity contribution in [2.24, 2.45) is 0 Å². The van der Waals surface area contributed by atoms with Crippen LogP contribution in [0.15, 0.2) is 15.8 Å². The molecule has 1 aromatic rings. The summed E-state index contributed by atoms with van der Waals surface area (Å²) in [5, 5.41) is 0.106. The molecule has 1 N–H and O–H groups in total. The number of nitrogens with zero attached hydrogens (tertiary/aromatic N) is 1. The lowest BCUT2D eigenvalue weighted by Crippen LogP contribution is -2.42. The maximum absolute atomic E-state index is 13.4. The molecular weight excluding hydrogens is 339 g/mol. The lowest BCUT2D eigenvalue weighted by atomic mass is 10.2. The number of hydrogen-bond donors (Lipinski definition) is 1. The van der Waals surface area contributed by atoms with Gasteiger partial charge in [-0.3, -0.25) is 14.3 Å². The second-order valence-corrected chi connectivity index (χ2v) is 13.1. The van der Waals surface area contributed by atoms with E-state index in [1.165, 1.54) is 11.8 Å². The van der Waals surface area contributed by atoms with E-state index in [0.717, 1.165) is 10.8 Å². The minimum Gasteiger partial charge on any atom is -0.413 e. The summed E-state index contributed by atoms with van der Waals surface area (Å²) < 4.78 is 26.3. The van der Waals surface area contributed by atoms with Crippen molar-refractivity contribution in [2.75, 3.05) is 12.4 Å². The van der Waals surface area contributed by atoms with E-state index < -0.39 is 31.6 Å². The van der Waals surface area contributed by atoms with Gasteiger partial charge in [-0.1, -0.05) is 20.8 Å². The van der Waals surface area contributed by atoms with Gasteiger partial charge in [-0.05, 0) is 18.1 Å². The van der Waals surface area contributed by atoms with Gasteiger partial charge in [0.25, 0.3) is 5.56 Å². The lowest BCUT2D eigenvalue weighted by molar-refractivity contribution is -0.00476. The van der Waals surface area contributed by atoms with Crippen LogP contribution in [0.4, 0.5) is 4.39 Å². The van der Waals surface area contributed by atoms with Crippen LogP contribution in [-0.2, 0) is 9.16 Å². The van der Waals surface area contributed by atoms with Crippen molar-refractivity contribution in [1.82, 2.24) is 9.55 Å². The monoisotopic (exact) mass is 362 g/mol. The second kappa shape index (κ2) is 6.54. The normalized spacial score (nSPS) is 22.5. The van der Waals surface area contributed by atoms with Gasteiger partial charge >= 0.3 is 5.69 Å². The minimum atomic E-state index is -1.87. The number of thioether (sulfide) groups is 1.